The minimum absolute atomic E-state index is 0.00125. The van der Waals surface area contributed by atoms with E-state index in [4.69, 9.17) is 10.8 Å². The SMILES string of the molecule is CC1CN(c2cc(SNC3(C(F)(F)F)CC3)cn3c(C(=N)SC(=N)C(F)F)ncc23)CCN1. The van der Waals surface area contributed by atoms with Gasteiger partial charge < -0.3 is 10.2 Å². The van der Waals surface area contributed by atoms with Crippen molar-refractivity contribution in [3.8, 4) is 0 Å². The third kappa shape index (κ3) is 4.98. The van der Waals surface area contributed by atoms with Gasteiger partial charge in [0, 0.05) is 36.8 Å². The Balaban J connectivity index is 1.70. The van der Waals surface area contributed by atoms with Gasteiger partial charge in [-0.3, -0.25) is 15.2 Å². The lowest BCUT2D eigenvalue weighted by Gasteiger charge is -2.34. The normalized spacial score (nSPS) is 20.5. The van der Waals surface area contributed by atoms with E-state index >= 15 is 0 Å². The number of hydrogen-bond acceptors (Lipinski definition) is 8. The Hall–Kier alpha value is -1.90. The zero-order valence-corrected chi connectivity index (χ0v) is 19.1. The van der Waals surface area contributed by atoms with Crippen molar-refractivity contribution in [3.63, 3.8) is 0 Å². The summed E-state index contributed by atoms with van der Waals surface area (Å²) in [6.45, 7) is 4.06. The second-order valence-electron chi connectivity index (χ2n) is 8.08. The summed E-state index contributed by atoms with van der Waals surface area (Å²) < 4.78 is 69.7. The predicted molar refractivity (Wildman–Crippen MR) is 120 cm³/mol. The van der Waals surface area contributed by atoms with Crippen LogP contribution in [0, 0.1) is 10.8 Å². The van der Waals surface area contributed by atoms with Crippen molar-refractivity contribution < 1.29 is 22.0 Å². The zero-order valence-electron chi connectivity index (χ0n) is 17.5. The molecule has 2 fully saturated rings. The van der Waals surface area contributed by atoms with Gasteiger partial charge in [0.25, 0.3) is 6.43 Å². The van der Waals surface area contributed by atoms with Gasteiger partial charge in [-0.25, -0.2) is 18.5 Å². The molecule has 0 amide bonds. The van der Waals surface area contributed by atoms with Gasteiger partial charge in [0.15, 0.2) is 5.82 Å². The topological polar surface area (TPSA) is 92.3 Å². The third-order valence-electron chi connectivity index (χ3n) is 5.57. The highest BCUT2D eigenvalue weighted by molar-refractivity contribution is 8.26. The van der Waals surface area contributed by atoms with Gasteiger partial charge in [0.05, 0.1) is 17.4 Å². The third-order valence-corrected chi connectivity index (χ3v) is 7.31. The fraction of sp³-hybridized carbons (Fsp3) is 0.526. The molecule has 2 aliphatic rings. The molecular weight excluding hydrogens is 485 g/mol. The number of thioether (sulfide) groups is 1. The molecule has 1 saturated heterocycles. The summed E-state index contributed by atoms with van der Waals surface area (Å²) in [5, 5.41) is 17.5. The molecule has 2 aromatic rings. The van der Waals surface area contributed by atoms with Crippen molar-refractivity contribution in [2.75, 3.05) is 24.5 Å². The molecule has 0 radical (unpaired) electrons. The summed E-state index contributed by atoms with van der Waals surface area (Å²) in [5.74, 6) is 0.0456. The number of rotatable bonds is 6. The first-order valence-corrected chi connectivity index (χ1v) is 11.8. The van der Waals surface area contributed by atoms with Crippen LogP contribution in [0.15, 0.2) is 23.4 Å². The Bertz CT molecular complexity index is 1070. The second kappa shape index (κ2) is 9.04. The molecule has 14 heteroatoms. The van der Waals surface area contributed by atoms with Gasteiger partial charge in [-0.05, 0) is 49.5 Å². The number of imidazole rings is 1. The average molecular weight is 508 g/mol. The van der Waals surface area contributed by atoms with Gasteiger partial charge in [-0.1, -0.05) is 0 Å². The Morgan fingerprint density at radius 2 is 2.06 bits per heavy atom. The minimum atomic E-state index is -4.37. The van der Waals surface area contributed by atoms with Crippen LogP contribution in [0.4, 0.5) is 27.6 Å². The number of anilines is 1. The number of nitrogens with one attached hydrogen (secondary N) is 4. The maximum atomic E-state index is 13.4. The van der Waals surface area contributed by atoms with E-state index in [9.17, 15) is 22.0 Å². The molecule has 7 nitrogen and oxygen atoms in total. The van der Waals surface area contributed by atoms with Gasteiger partial charge in [-0.2, -0.15) is 13.2 Å². The largest absolute Gasteiger partial charge is 0.407 e. The number of nitrogens with zero attached hydrogens (tertiary/aromatic N) is 3. The van der Waals surface area contributed by atoms with Crippen LogP contribution in [0.1, 0.15) is 25.6 Å². The van der Waals surface area contributed by atoms with Crippen LogP contribution < -0.4 is 14.9 Å². The van der Waals surface area contributed by atoms with Crippen molar-refractivity contribution in [3.05, 3.63) is 24.3 Å². The average Bonchev–Trinajstić information content (AvgIpc) is 3.44. The van der Waals surface area contributed by atoms with E-state index in [0.717, 1.165) is 24.2 Å². The van der Waals surface area contributed by atoms with Crippen LogP contribution in [0.25, 0.3) is 5.52 Å². The first-order chi connectivity index (χ1) is 15.5. The smallest absolute Gasteiger partial charge is 0.367 e. The summed E-state index contributed by atoms with van der Waals surface area (Å²) in [6.07, 6.45) is -4.32. The quantitative estimate of drug-likeness (QED) is 0.204. The maximum Gasteiger partial charge on any atom is 0.407 e. The number of aromatic nitrogens is 2. The molecule has 33 heavy (non-hydrogen) atoms. The number of pyridine rings is 1. The fourth-order valence-corrected chi connectivity index (χ4v) is 5.12. The molecular formula is C19H22F5N7S2. The lowest BCUT2D eigenvalue weighted by Crippen LogP contribution is -2.49. The first kappa shape index (κ1) is 24.2. The molecule has 3 heterocycles. The predicted octanol–water partition coefficient (Wildman–Crippen LogP) is 4.12. The van der Waals surface area contributed by atoms with E-state index in [-0.39, 0.29) is 29.8 Å². The molecule has 1 unspecified atom stereocenters. The van der Waals surface area contributed by atoms with Crippen molar-refractivity contribution >= 4 is 45.0 Å². The van der Waals surface area contributed by atoms with Crippen molar-refractivity contribution in [1.82, 2.24) is 19.4 Å². The van der Waals surface area contributed by atoms with Crippen molar-refractivity contribution in [1.29, 1.82) is 10.8 Å². The van der Waals surface area contributed by atoms with Crippen LogP contribution in [0.2, 0.25) is 0 Å². The van der Waals surface area contributed by atoms with Crippen molar-refractivity contribution in [2.45, 2.75) is 48.8 Å². The molecule has 1 saturated carbocycles. The number of halogens is 5. The summed E-state index contributed by atoms with van der Waals surface area (Å²) in [5.41, 5.74) is -0.579. The molecule has 0 spiro atoms. The molecule has 1 aliphatic carbocycles. The Morgan fingerprint density at radius 1 is 1.33 bits per heavy atom. The van der Waals surface area contributed by atoms with E-state index in [1.165, 1.54) is 16.8 Å². The molecule has 1 atom stereocenters. The van der Waals surface area contributed by atoms with Crippen LogP contribution in [0.3, 0.4) is 0 Å². The van der Waals surface area contributed by atoms with E-state index in [1.54, 1.807) is 6.07 Å². The Kier molecular flexibility index (Phi) is 6.64. The lowest BCUT2D eigenvalue weighted by atomic mass is 10.2. The summed E-state index contributed by atoms with van der Waals surface area (Å²) in [6, 6.07) is 1.97. The Labute approximate surface area is 195 Å². The molecule has 0 aromatic carbocycles. The highest BCUT2D eigenvalue weighted by atomic mass is 32.2. The van der Waals surface area contributed by atoms with Crippen LogP contribution in [0.5, 0.6) is 0 Å². The molecule has 0 bridgehead atoms. The lowest BCUT2D eigenvalue weighted by molar-refractivity contribution is -0.160. The molecule has 180 valence electrons. The number of alkyl halides is 5. The summed E-state index contributed by atoms with van der Waals surface area (Å²) >= 11 is 1.15. The van der Waals surface area contributed by atoms with Gasteiger partial charge >= 0.3 is 6.18 Å². The molecule has 4 N–H and O–H groups in total. The second-order valence-corrected chi connectivity index (χ2v) is 10.0. The highest BCUT2D eigenvalue weighted by Gasteiger charge is 2.63. The summed E-state index contributed by atoms with van der Waals surface area (Å²) in [4.78, 5) is 6.76. The fourth-order valence-electron chi connectivity index (χ4n) is 3.61. The minimum Gasteiger partial charge on any atom is -0.367 e. The maximum absolute atomic E-state index is 13.4. The van der Waals surface area contributed by atoms with Gasteiger partial charge in [0.1, 0.15) is 15.6 Å². The standard InChI is InChI=1S/C19H22F5N7S2/c1-10-8-30(5-4-27-10)12-6-11(33-29-18(2-3-18)19(22,23)24)9-31-13(12)7-28-17(31)16(26)32-15(25)14(20)21/h6-7,9-10,14,25-27,29H,2-5,8H2,1H3. The van der Waals surface area contributed by atoms with E-state index in [0.29, 0.717) is 35.3 Å². The van der Waals surface area contributed by atoms with E-state index in [2.05, 4.69) is 19.9 Å². The van der Waals surface area contributed by atoms with Crippen LogP contribution >= 0.6 is 23.7 Å². The van der Waals surface area contributed by atoms with E-state index in [1.807, 2.05) is 6.92 Å². The van der Waals surface area contributed by atoms with Gasteiger partial charge in [-0.15, -0.1) is 0 Å². The first-order valence-electron chi connectivity index (χ1n) is 10.1. The highest BCUT2D eigenvalue weighted by Crippen LogP contribution is 2.50. The number of piperazine rings is 1. The summed E-state index contributed by atoms with van der Waals surface area (Å²) in [7, 11) is 0. The Morgan fingerprint density at radius 3 is 2.67 bits per heavy atom. The molecule has 2 aromatic heterocycles. The zero-order chi connectivity index (χ0) is 24.0. The van der Waals surface area contributed by atoms with Crippen molar-refractivity contribution in [2.24, 2.45) is 0 Å². The van der Waals surface area contributed by atoms with Crippen LogP contribution in [-0.4, -0.2) is 63.3 Å². The monoisotopic (exact) mass is 507 g/mol. The molecule has 4 rings (SSSR count). The molecule has 1 aliphatic heterocycles. The van der Waals surface area contributed by atoms with Gasteiger partial charge in [0.2, 0.25) is 0 Å². The number of fused-ring (bicyclic) bond motifs is 1. The van der Waals surface area contributed by atoms with Crippen LogP contribution in [-0.2, 0) is 0 Å². The van der Waals surface area contributed by atoms with E-state index < -0.39 is 23.2 Å². The number of hydrogen-bond donors (Lipinski definition) is 4.